The second-order valence-electron chi connectivity index (χ2n) is 5.91. The minimum atomic E-state index is -0.811. The second kappa shape index (κ2) is 5.72. The van der Waals surface area contributed by atoms with Gasteiger partial charge in [-0.2, -0.15) is 5.26 Å². The van der Waals surface area contributed by atoms with Crippen molar-refractivity contribution in [2.45, 2.75) is 38.6 Å². The zero-order valence-corrected chi connectivity index (χ0v) is 12.6. The van der Waals surface area contributed by atoms with E-state index in [-0.39, 0.29) is 6.04 Å². The fourth-order valence-electron chi connectivity index (χ4n) is 3.40. The summed E-state index contributed by atoms with van der Waals surface area (Å²) in [4.78, 5) is 16.2. The van der Waals surface area contributed by atoms with Crippen LogP contribution in [0.5, 0.6) is 0 Å². The molecule has 1 aromatic heterocycles. The van der Waals surface area contributed by atoms with Crippen molar-refractivity contribution in [3.63, 3.8) is 0 Å². The number of carboxylic acid groups (broad SMARTS) is 1. The Balaban J connectivity index is 1.78. The number of aromatic amines is 1. The highest BCUT2D eigenvalue weighted by Gasteiger charge is 2.28. The number of H-pyrrole nitrogens is 1. The van der Waals surface area contributed by atoms with Crippen molar-refractivity contribution < 1.29 is 9.90 Å². The number of rotatable bonds is 3. The molecule has 0 radical (unpaired) electrons. The van der Waals surface area contributed by atoms with Crippen molar-refractivity contribution in [2.75, 3.05) is 6.54 Å². The van der Waals surface area contributed by atoms with E-state index in [2.05, 4.69) is 18.0 Å². The summed E-state index contributed by atoms with van der Waals surface area (Å²) >= 11 is 0. The van der Waals surface area contributed by atoms with E-state index < -0.39 is 6.09 Å². The molecule has 1 aliphatic rings. The molecule has 22 heavy (non-hydrogen) atoms. The van der Waals surface area contributed by atoms with E-state index in [9.17, 15) is 9.90 Å². The van der Waals surface area contributed by atoms with E-state index >= 15 is 0 Å². The number of benzene rings is 1. The molecule has 2 N–H and O–H groups in total. The van der Waals surface area contributed by atoms with Gasteiger partial charge in [-0.15, -0.1) is 0 Å². The fourth-order valence-corrected chi connectivity index (χ4v) is 3.40. The highest BCUT2D eigenvalue weighted by Crippen LogP contribution is 2.26. The highest BCUT2D eigenvalue weighted by atomic mass is 16.4. The molecular weight excluding hydrogens is 278 g/mol. The van der Waals surface area contributed by atoms with E-state index in [0.717, 1.165) is 47.8 Å². The van der Waals surface area contributed by atoms with Crippen molar-refractivity contribution in [3.8, 4) is 6.07 Å². The normalized spacial score (nSPS) is 17.8. The molecule has 0 aliphatic carbocycles. The van der Waals surface area contributed by atoms with Crippen molar-refractivity contribution in [2.24, 2.45) is 0 Å². The number of nitrogens with zero attached hydrogens (tertiary/aromatic N) is 2. The summed E-state index contributed by atoms with van der Waals surface area (Å²) in [6.07, 6.45) is 2.76. The molecule has 1 fully saturated rings. The lowest BCUT2D eigenvalue weighted by Gasteiger charge is -2.21. The third kappa shape index (κ3) is 2.52. The molecule has 114 valence electrons. The first-order valence-electron chi connectivity index (χ1n) is 7.61. The van der Waals surface area contributed by atoms with Crippen LogP contribution in [-0.2, 0) is 6.42 Å². The van der Waals surface area contributed by atoms with Crippen molar-refractivity contribution in [1.29, 1.82) is 5.26 Å². The molecule has 5 nitrogen and oxygen atoms in total. The molecule has 3 rings (SSSR count). The van der Waals surface area contributed by atoms with Crippen LogP contribution in [0, 0.1) is 18.3 Å². The average Bonchev–Trinajstić information content (AvgIpc) is 3.10. The summed E-state index contributed by atoms with van der Waals surface area (Å²) in [7, 11) is 0. The smallest absolute Gasteiger partial charge is 0.407 e. The van der Waals surface area contributed by atoms with Gasteiger partial charge in [0.25, 0.3) is 0 Å². The van der Waals surface area contributed by atoms with Crippen LogP contribution in [-0.4, -0.2) is 33.7 Å². The fraction of sp³-hybridized carbons (Fsp3) is 0.412. The topological polar surface area (TPSA) is 80.1 Å². The molecule has 1 saturated heterocycles. The Morgan fingerprint density at radius 1 is 1.55 bits per heavy atom. The van der Waals surface area contributed by atoms with Crippen LogP contribution in [0.25, 0.3) is 10.9 Å². The van der Waals surface area contributed by atoms with Gasteiger partial charge in [0, 0.05) is 29.2 Å². The van der Waals surface area contributed by atoms with Gasteiger partial charge in [-0.1, -0.05) is 0 Å². The van der Waals surface area contributed by atoms with Gasteiger partial charge in [-0.05, 0) is 56.4 Å². The molecule has 1 aliphatic heterocycles. The molecule has 0 spiro atoms. The third-order valence-corrected chi connectivity index (χ3v) is 4.64. The van der Waals surface area contributed by atoms with Gasteiger partial charge in [0.1, 0.15) is 0 Å². The minimum Gasteiger partial charge on any atom is -0.465 e. The van der Waals surface area contributed by atoms with E-state index in [4.69, 9.17) is 5.26 Å². The molecule has 0 bridgehead atoms. The average molecular weight is 297 g/mol. The number of hydrogen-bond donors (Lipinski definition) is 2. The van der Waals surface area contributed by atoms with Gasteiger partial charge < -0.3 is 15.0 Å². The van der Waals surface area contributed by atoms with Gasteiger partial charge in [0.15, 0.2) is 0 Å². The Hall–Kier alpha value is -2.48. The predicted molar refractivity (Wildman–Crippen MR) is 83.8 cm³/mol. The lowest BCUT2D eigenvalue weighted by atomic mass is 10.0. The van der Waals surface area contributed by atoms with Gasteiger partial charge in [0.05, 0.1) is 11.6 Å². The molecule has 1 amide bonds. The maximum atomic E-state index is 11.2. The first-order valence-corrected chi connectivity index (χ1v) is 7.61. The zero-order chi connectivity index (χ0) is 15.7. The first kappa shape index (κ1) is 14.5. The minimum absolute atomic E-state index is 0.123. The first-order chi connectivity index (χ1) is 10.6. The SMILES string of the molecule is Cc1c(CC[C@@H]2CCCN2C(=O)O)[nH]c2ccc(C#N)cc12. The van der Waals surface area contributed by atoms with Crippen molar-refractivity contribution in [1.82, 2.24) is 9.88 Å². The molecular formula is C17H19N3O2. The summed E-state index contributed by atoms with van der Waals surface area (Å²) in [5.74, 6) is 0. The lowest BCUT2D eigenvalue weighted by molar-refractivity contribution is 0.138. The summed E-state index contributed by atoms with van der Waals surface area (Å²) < 4.78 is 0. The van der Waals surface area contributed by atoms with Crippen LogP contribution in [0.1, 0.15) is 36.1 Å². The van der Waals surface area contributed by atoms with E-state index in [0.29, 0.717) is 12.1 Å². The summed E-state index contributed by atoms with van der Waals surface area (Å²) in [5, 5.41) is 19.3. The number of fused-ring (bicyclic) bond motifs is 1. The molecule has 1 aromatic carbocycles. The standard InChI is InChI=1S/C17H19N3O2/c1-11-14-9-12(10-18)4-6-16(14)19-15(11)7-5-13-3-2-8-20(13)17(21)22/h4,6,9,13,19H,2-3,5,7-8H2,1H3,(H,21,22)/t13-/m0/s1. The number of likely N-dealkylation sites (tertiary alicyclic amines) is 1. The molecule has 1 atom stereocenters. The molecule has 0 saturated carbocycles. The largest absolute Gasteiger partial charge is 0.465 e. The van der Waals surface area contributed by atoms with Gasteiger partial charge in [-0.25, -0.2) is 4.79 Å². The Kier molecular flexibility index (Phi) is 3.76. The molecule has 2 heterocycles. The van der Waals surface area contributed by atoms with Crippen LogP contribution in [0.3, 0.4) is 0 Å². The van der Waals surface area contributed by atoms with Crippen LogP contribution in [0.4, 0.5) is 4.79 Å². The van der Waals surface area contributed by atoms with Gasteiger partial charge >= 0.3 is 6.09 Å². The Morgan fingerprint density at radius 2 is 2.36 bits per heavy atom. The monoisotopic (exact) mass is 297 g/mol. The van der Waals surface area contributed by atoms with Crippen LogP contribution < -0.4 is 0 Å². The van der Waals surface area contributed by atoms with Crippen LogP contribution >= 0.6 is 0 Å². The maximum absolute atomic E-state index is 11.2. The molecule has 2 aromatic rings. The van der Waals surface area contributed by atoms with Gasteiger partial charge in [-0.3, -0.25) is 0 Å². The van der Waals surface area contributed by atoms with E-state index in [1.807, 2.05) is 18.2 Å². The van der Waals surface area contributed by atoms with E-state index in [1.54, 1.807) is 4.90 Å². The number of hydrogen-bond acceptors (Lipinski definition) is 2. The Labute approximate surface area is 129 Å². The second-order valence-corrected chi connectivity index (χ2v) is 5.91. The number of aromatic nitrogens is 1. The maximum Gasteiger partial charge on any atom is 0.407 e. The van der Waals surface area contributed by atoms with E-state index in [1.165, 1.54) is 0 Å². The third-order valence-electron chi connectivity index (χ3n) is 4.64. The van der Waals surface area contributed by atoms with Crippen molar-refractivity contribution in [3.05, 3.63) is 35.0 Å². The Bertz CT molecular complexity index is 757. The zero-order valence-electron chi connectivity index (χ0n) is 12.6. The van der Waals surface area contributed by atoms with Crippen LogP contribution in [0.15, 0.2) is 18.2 Å². The predicted octanol–water partition coefficient (Wildman–Crippen LogP) is 3.42. The highest BCUT2D eigenvalue weighted by molar-refractivity contribution is 5.85. The molecule has 5 heteroatoms. The van der Waals surface area contributed by atoms with Crippen LogP contribution in [0.2, 0.25) is 0 Å². The number of aryl methyl sites for hydroxylation is 2. The summed E-state index contributed by atoms with van der Waals surface area (Å²) in [5.41, 5.74) is 4.00. The quantitative estimate of drug-likeness (QED) is 0.910. The number of amides is 1. The Morgan fingerprint density at radius 3 is 3.09 bits per heavy atom. The number of nitriles is 1. The summed E-state index contributed by atoms with van der Waals surface area (Å²) in [6.45, 7) is 2.70. The number of nitrogens with one attached hydrogen (secondary N) is 1. The molecule has 0 unspecified atom stereocenters. The van der Waals surface area contributed by atoms with Crippen molar-refractivity contribution >= 4 is 17.0 Å². The summed E-state index contributed by atoms with van der Waals surface area (Å²) in [6, 6.07) is 7.94. The lowest BCUT2D eigenvalue weighted by Crippen LogP contribution is -2.34. The number of carbonyl (C=O) groups is 1. The van der Waals surface area contributed by atoms with Gasteiger partial charge in [0.2, 0.25) is 0 Å².